The minimum absolute atomic E-state index is 0.127. The number of aliphatic hydroxyl groups is 1. The summed E-state index contributed by atoms with van der Waals surface area (Å²) in [6.45, 7) is 2.17. The molecule has 2 aliphatic carbocycles. The SMILES string of the molecule is C[C@@](O)(CNC(=O)NC1CCCCC1)C1CC1. The van der Waals surface area contributed by atoms with E-state index in [9.17, 15) is 9.90 Å². The summed E-state index contributed by atoms with van der Waals surface area (Å²) in [5.41, 5.74) is -0.732. The molecule has 4 heteroatoms. The molecule has 1 atom stereocenters. The Hall–Kier alpha value is -0.770. The molecule has 0 aromatic heterocycles. The van der Waals surface area contributed by atoms with E-state index in [1.54, 1.807) is 0 Å². The van der Waals surface area contributed by atoms with E-state index in [0.29, 0.717) is 18.5 Å². The quantitative estimate of drug-likeness (QED) is 0.701. The summed E-state index contributed by atoms with van der Waals surface area (Å²) < 4.78 is 0. The van der Waals surface area contributed by atoms with Gasteiger partial charge in [-0.15, -0.1) is 0 Å². The predicted octanol–water partition coefficient (Wildman–Crippen LogP) is 1.78. The molecule has 2 rings (SSSR count). The highest BCUT2D eigenvalue weighted by molar-refractivity contribution is 5.74. The van der Waals surface area contributed by atoms with Crippen molar-refractivity contribution < 1.29 is 9.90 Å². The van der Waals surface area contributed by atoms with Crippen LogP contribution in [0.4, 0.5) is 4.79 Å². The minimum atomic E-state index is -0.732. The van der Waals surface area contributed by atoms with Crippen molar-refractivity contribution in [3.05, 3.63) is 0 Å². The monoisotopic (exact) mass is 240 g/mol. The Morgan fingerprint density at radius 2 is 1.88 bits per heavy atom. The lowest BCUT2D eigenvalue weighted by molar-refractivity contribution is 0.0392. The molecule has 0 unspecified atom stereocenters. The van der Waals surface area contributed by atoms with Crippen molar-refractivity contribution in [1.82, 2.24) is 10.6 Å². The van der Waals surface area contributed by atoms with Crippen LogP contribution in [0.2, 0.25) is 0 Å². The third kappa shape index (κ3) is 3.87. The van der Waals surface area contributed by atoms with Gasteiger partial charge in [-0.1, -0.05) is 19.3 Å². The van der Waals surface area contributed by atoms with E-state index in [4.69, 9.17) is 0 Å². The maximum atomic E-state index is 11.7. The van der Waals surface area contributed by atoms with E-state index in [1.807, 2.05) is 6.92 Å². The van der Waals surface area contributed by atoms with Gasteiger partial charge in [0.15, 0.2) is 0 Å². The maximum absolute atomic E-state index is 11.7. The third-order valence-electron chi connectivity index (χ3n) is 4.00. The molecule has 0 saturated heterocycles. The van der Waals surface area contributed by atoms with Crippen molar-refractivity contribution in [2.45, 2.75) is 63.5 Å². The van der Waals surface area contributed by atoms with Crippen LogP contribution in [-0.4, -0.2) is 29.3 Å². The first-order valence-corrected chi connectivity index (χ1v) is 6.85. The Morgan fingerprint density at radius 1 is 1.24 bits per heavy atom. The fourth-order valence-electron chi connectivity index (χ4n) is 2.59. The summed E-state index contributed by atoms with van der Waals surface area (Å²) in [5, 5.41) is 15.8. The molecule has 2 amide bonds. The normalized spacial score (nSPS) is 25.1. The van der Waals surface area contributed by atoms with Crippen LogP contribution in [0.25, 0.3) is 0 Å². The summed E-state index contributed by atoms with van der Waals surface area (Å²) in [6, 6.07) is 0.201. The topological polar surface area (TPSA) is 61.4 Å². The first kappa shape index (κ1) is 12.7. The van der Waals surface area contributed by atoms with Crippen molar-refractivity contribution in [3.8, 4) is 0 Å². The summed E-state index contributed by atoms with van der Waals surface area (Å²) in [4.78, 5) is 11.7. The lowest BCUT2D eigenvalue weighted by Gasteiger charge is -2.26. The highest BCUT2D eigenvalue weighted by atomic mass is 16.3. The van der Waals surface area contributed by atoms with Crippen molar-refractivity contribution in [2.24, 2.45) is 5.92 Å². The number of urea groups is 1. The zero-order valence-electron chi connectivity index (χ0n) is 10.7. The lowest BCUT2D eigenvalue weighted by atomic mass is 9.96. The average Bonchev–Trinajstić information content (AvgIpc) is 3.12. The number of amides is 2. The van der Waals surface area contributed by atoms with Crippen LogP contribution in [0.1, 0.15) is 51.9 Å². The predicted molar refractivity (Wildman–Crippen MR) is 66.8 cm³/mol. The van der Waals surface area contributed by atoms with Gasteiger partial charge >= 0.3 is 6.03 Å². The summed E-state index contributed by atoms with van der Waals surface area (Å²) in [6.07, 6.45) is 8.06. The smallest absolute Gasteiger partial charge is 0.315 e. The van der Waals surface area contributed by atoms with Gasteiger partial charge in [-0.3, -0.25) is 0 Å². The molecule has 4 nitrogen and oxygen atoms in total. The van der Waals surface area contributed by atoms with Crippen LogP contribution in [0, 0.1) is 5.92 Å². The average molecular weight is 240 g/mol. The number of hydrogen-bond acceptors (Lipinski definition) is 2. The summed E-state index contributed by atoms with van der Waals surface area (Å²) >= 11 is 0. The first-order chi connectivity index (χ1) is 8.08. The molecular formula is C13H24N2O2. The molecule has 2 fully saturated rings. The zero-order chi connectivity index (χ0) is 12.3. The molecule has 2 aliphatic rings. The number of carbonyl (C=O) groups is 1. The molecule has 0 bridgehead atoms. The molecule has 3 N–H and O–H groups in total. The van der Waals surface area contributed by atoms with Crippen molar-refractivity contribution in [3.63, 3.8) is 0 Å². The Bertz CT molecular complexity index is 269. The number of hydrogen-bond donors (Lipinski definition) is 3. The molecule has 2 saturated carbocycles. The molecule has 98 valence electrons. The highest BCUT2D eigenvalue weighted by Gasteiger charge is 2.39. The molecule has 0 heterocycles. The Kier molecular flexibility index (Phi) is 3.92. The molecular weight excluding hydrogens is 216 g/mol. The number of carbonyl (C=O) groups excluding carboxylic acids is 1. The van der Waals surface area contributed by atoms with Gasteiger partial charge in [0, 0.05) is 12.6 Å². The molecule has 17 heavy (non-hydrogen) atoms. The Morgan fingerprint density at radius 3 is 2.47 bits per heavy atom. The Labute approximate surface area is 103 Å². The van der Waals surface area contributed by atoms with Gasteiger partial charge in [-0.2, -0.15) is 0 Å². The molecule has 0 aliphatic heterocycles. The van der Waals surface area contributed by atoms with Gasteiger partial charge in [-0.05, 0) is 38.5 Å². The van der Waals surface area contributed by atoms with Crippen LogP contribution in [0.15, 0.2) is 0 Å². The second-order valence-corrected chi connectivity index (χ2v) is 5.79. The van der Waals surface area contributed by atoms with Gasteiger partial charge in [-0.25, -0.2) is 4.79 Å². The molecule has 0 radical (unpaired) electrons. The third-order valence-corrected chi connectivity index (χ3v) is 4.00. The van der Waals surface area contributed by atoms with E-state index < -0.39 is 5.60 Å². The highest BCUT2D eigenvalue weighted by Crippen LogP contribution is 2.38. The van der Waals surface area contributed by atoms with E-state index in [1.165, 1.54) is 19.3 Å². The summed E-state index contributed by atoms with van der Waals surface area (Å²) in [7, 11) is 0. The zero-order valence-corrected chi connectivity index (χ0v) is 10.7. The van der Waals surface area contributed by atoms with E-state index in [0.717, 1.165) is 25.7 Å². The van der Waals surface area contributed by atoms with Crippen molar-refractivity contribution in [2.75, 3.05) is 6.54 Å². The maximum Gasteiger partial charge on any atom is 0.315 e. The van der Waals surface area contributed by atoms with E-state index >= 15 is 0 Å². The first-order valence-electron chi connectivity index (χ1n) is 6.85. The van der Waals surface area contributed by atoms with Gasteiger partial charge in [0.25, 0.3) is 0 Å². The van der Waals surface area contributed by atoms with E-state index in [-0.39, 0.29) is 6.03 Å². The van der Waals surface area contributed by atoms with Crippen LogP contribution >= 0.6 is 0 Å². The number of rotatable bonds is 4. The van der Waals surface area contributed by atoms with Gasteiger partial charge < -0.3 is 15.7 Å². The largest absolute Gasteiger partial charge is 0.388 e. The summed E-state index contributed by atoms with van der Waals surface area (Å²) in [5.74, 6) is 0.373. The molecule has 0 spiro atoms. The van der Waals surface area contributed by atoms with Gasteiger partial charge in [0.05, 0.1) is 5.60 Å². The number of nitrogens with one attached hydrogen (secondary N) is 2. The van der Waals surface area contributed by atoms with Crippen molar-refractivity contribution in [1.29, 1.82) is 0 Å². The fraction of sp³-hybridized carbons (Fsp3) is 0.923. The lowest BCUT2D eigenvalue weighted by Crippen LogP contribution is -2.48. The van der Waals surface area contributed by atoms with Crippen LogP contribution in [0.5, 0.6) is 0 Å². The van der Waals surface area contributed by atoms with Crippen molar-refractivity contribution >= 4 is 6.03 Å². The Balaban J connectivity index is 1.66. The second-order valence-electron chi connectivity index (χ2n) is 5.79. The standard InChI is InChI=1S/C13H24N2O2/c1-13(17,10-7-8-10)9-14-12(16)15-11-5-3-2-4-6-11/h10-11,17H,2-9H2,1H3,(H2,14,15,16)/t13-/m1/s1. The molecule has 0 aromatic carbocycles. The minimum Gasteiger partial charge on any atom is -0.388 e. The second kappa shape index (κ2) is 5.25. The molecule has 0 aromatic rings. The van der Waals surface area contributed by atoms with Crippen LogP contribution in [-0.2, 0) is 0 Å². The fourth-order valence-corrected chi connectivity index (χ4v) is 2.59. The van der Waals surface area contributed by atoms with Gasteiger partial charge in [0.2, 0.25) is 0 Å². The van der Waals surface area contributed by atoms with Crippen LogP contribution < -0.4 is 10.6 Å². The van der Waals surface area contributed by atoms with Crippen LogP contribution in [0.3, 0.4) is 0 Å². The van der Waals surface area contributed by atoms with E-state index in [2.05, 4.69) is 10.6 Å². The van der Waals surface area contributed by atoms with Gasteiger partial charge in [0.1, 0.15) is 0 Å².